The summed E-state index contributed by atoms with van der Waals surface area (Å²) < 4.78 is 3.02. The Labute approximate surface area is 109 Å². The fourth-order valence-electron chi connectivity index (χ4n) is 2.46. The molecular weight excluding hydrogens is 278 g/mol. The van der Waals surface area contributed by atoms with Crippen LogP contribution in [-0.2, 0) is 13.5 Å². The lowest BCUT2D eigenvalue weighted by atomic mass is 9.96. The van der Waals surface area contributed by atoms with Gasteiger partial charge in [-0.3, -0.25) is 4.68 Å². The first-order valence-electron chi connectivity index (χ1n) is 5.77. The van der Waals surface area contributed by atoms with Crippen molar-refractivity contribution in [3.8, 4) is 0 Å². The highest BCUT2D eigenvalue weighted by Gasteiger charge is 2.23. The van der Waals surface area contributed by atoms with Crippen LogP contribution in [-0.4, -0.2) is 9.78 Å². The molecule has 0 fully saturated rings. The maximum absolute atomic E-state index is 4.28. The Bertz CT molecular complexity index is 528. The Kier molecular flexibility index (Phi) is 2.67. The average molecular weight is 292 g/mol. The highest BCUT2D eigenvalue weighted by atomic mass is 79.9. The van der Waals surface area contributed by atoms with Gasteiger partial charge >= 0.3 is 0 Å². The molecule has 1 aliphatic rings. The molecule has 0 radical (unpaired) electrons. The first kappa shape index (κ1) is 10.8. The molecule has 0 saturated carbocycles. The standard InChI is InChI=1S/C13H14BrN3/c1-17-13(10(14)8-15-17)12-7-6-9-4-2-3-5-11(9)16-12/h2-5,8,12,16H,6-7H2,1H3. The number of rotatable bonds is 1. The first-order valence-corrected chi connectivity index (χ1v) is 6.57. The monoisotopic (exact) mass is 291 g/mol. The SMILES string of the molecule is Cn1ncc(Br)c1C1CCc2ccccc2N1. The molecule has 0 amide bonds. The lowest BCUT2D eigenvalue weighted by Crippen LogP contribution is -2.20. The molecule has 4 heteroatoms. The van der Waals surface area contributed by atoms with Crippen LogP contribution in [0.4, 0.5) is 5.69 Å². The van der Waals surface area contributed by atoms with E-state index in [-0.39, 0.29) is 0 Å². The minimum Gasteiger partial charge on any atom is -0.376 e. The minimum absolute atomic E-state index is 0.340. The van der Waals surface area contributed by atoms with Crippen molar-refractivity contribution in [1.29, 1.82) is 0 Å². The zero-order valence-electron chi connectivity index (χ0n) is 9.65. The van der Waals surface area contributed by atoms with Gasteiger partial charge < -0.3 is 5.32 Å². The number of nitrogens with one attached hydrogen (secondary N) is 1. The van der Waals surface area contributed by atoms with Crippen molar-refractivity contribution in [2.45, 2.75) is 18.9 Å². The second-order valence-electron chi connectivity index (χ2n) is 4.39. The van der Waals surface area contributed by atoms with Gasteiger partial charge in [0.05, 0.1) is 22.4 Å². The van der Waals surface area contributed by atoms with Crippen LogP contribution in [0.5, 0.6) is 0 Å². The fraction of sp³-hybridized carbons (Fsp3) is 0.308. The van der Waals surface area contributed by atoms with E-state index in [1.54, 1.807) is 0 Å². The van der Waals surface area contributed by atoms with Crippen molar-refractivity contribution in [3.63, 3.8) is 0 Å². The topological polar surface area (TPSA) is 29.9 Å². The third-order valence-electron chi connectivity index (χ3n) is 3.32. The van der Waals surface area contributed by atoms with Crippen LogP contribution >= 0.6 is 15.9 Å². The number of nitrogens with zero attached hydrogens (tertiary/aromatic N) is 2. The molecular formula is C13H14BrN3. The molecule has 1 aromatic heterocycles. The molecule has 0 bridgehead atoms. The number of fused-ring (bicyclic) bond motifs is 1. The molecule has 0 saturated heterocycles. The Morgan fingerprint density at radius 3 is 3.00 bits per heavy atom. The Morgan fingerprint density at radius 1 is 1.41 bits per heavy atom. The minimum atomic E-state index is 0.340. The predicted molar refractivity (Wildman–Crippen MR) is 72.0 cm³/mol. The van der Waals surface area contributed by atoms with Crippen LogP contribution in [0.1, 0.15) is 23.7 Å². The van der Waals surface area contributed by atoms with Gasteiger partial charge in [0.2, 0.25) is 0 Å². The molecule has 0 spiro atoms. The van der Waals surface area contributed by atoms with Gasteiger partial charge in [0.15, 0.2) is 0 Å². The Morgan fingerprint density at radius 2 is 2.24 bits per heavy atom. The van der Waals surface area contributed by atoms with Gasteiger partial charge in [-0.15, -0.1) is 0 Å². The molecule has 1 unspecified atom stereocenters. The summed E-state index contributed by atoms with van der Waals surface area (Å²) >= 11 is 3.57. The van der Waals surface area contributed by atoms with Gasteiger partial charge in [-0.1, -0.05) is 18.2 Å². The molecule has 1 N–H and O–H groups in total. The summed E-state index contributed by atoms with van der Waals surface area (Å²) in [6.45, 7) is 0. The number of hydrogen-bond donors (Lipinski definition) is 1. The lowest BCUT2D eigenvalue weighted by Gasteiger charge is -2.27. The molecule has 2 heterocycles. The normalized spacial score (nSPS) is 18.6. The summed E-state index contributed by atoms with van der Waals surface area (Å²) in [7, 11) is 1.99. The van der Waals surface area contributed by atoms with Crippen molar-refractivity contribution >= 4 is 21.6 Å². The molecule has 2 aromatic rings. The van der Waals surface area contributed by atoms with Crippen LogP contribution in [0.3, 0.4) is 0 Å². The van der Waals surface area contributed by atoms with E-state index in [4.69, 9.17) is 0 Å². The number of anilines is 1. The van der Waals surface area contributed by atoms with Crippen molar-refractivity contribution in [1.82, 2.24) is 9.78 Å². The number of halogens is 1. The fourth-order valence-corrected chi connectivity index (χ4v) is 3.08. The van der Waals surface area contributed by atoms with Crippen molar-refractivity contribution < 1.29 is 0 Å². The summed E-state index contributed by atoms with van der Waals surface area (Å²) in [6, 6.07) is 8.85. The molecule has 1 aliphatic heterocycles. The maximum atomic E-state index is 4.28. The smallest absolute Gasteiger partial charge is 0.0745 e. The maximum Gasteiger partial charge on any atom is 0.0745 e. The molecule has 1 atom stereocenters. The number of hydrogen-bond acceptors (Lipinski definition) is 2. The van der Waals surface area contributed by atoms with Gasteiger partial charge in [0.1, 0.15) is 0 Å². The second kappa shape index (κ2) is 4.18. The molecule has 0 aliphatic carbocycles. The van der Waals surface area contributed by atoms with Crippen molar-refractivity contribution in [2.75, 3.05) is 5.32 Å². The van der Waals surface area contributed by atoms with E-state index in [9.17, 15) is 0 Å². The van der Waals surface area contributed by atoms with Gasteiger partial charge in [-0.2, -0.15) is 5.10 Å². The molecule has 1 aromatic carbocycles. The largest absolute Gasteiger partial charge is 0.376 e. The van der Waals surface area contributed by atoms with Gasteiger partial charge in [0.25, 0.3) is 0 Å². The highest BCUT2D eigenvalue weighted by molar-refractivity contribution is 9.10. The predicted octanol–water partition coefficient (Wildman–Crippen LogP) is 3.28. The van der Waals surface area contributed by atoms with Crippen LogP contribution < -0.4 is 5.32 Å². The molecule has 88 valence electrons. The van der Waals surface area contributed by atoms with E-state index >= 15 is 0 Å². The number of aromatic nitrogens is 2. The van der Waals surface area contributed by atoms with Crippen molar-refractivity contribution in [2.24, 2.45) is 7.05 Å². The van der Waals surface area contributed by atoms with Gasteiger partial charge in [-0.05, 0) is 40.4 Å². The van der Waals surface area contributed by atoms with Gasteiger partial charge in [-0.25, -0.2) is 0 Å². The third-order valence-corrected chi connectivity index (χ3v) is 3.93. The molecule has 3 nitrogen and oxygen atoms in total. The molecule has 3 rings (SSSR count). The number of aryl methyl sites for hydroxylation is 2. The van der Waals surface area contributed by atoms with Crippen LogP contribution in [0.2, 0.25) is 0 Å². The highest BCUT2D eigenvalue weighted by Crippen LogP contribution is 2.34. The van der Waals surface area contributed by atoms with Crippen LogP contribution in [0.15, 0.2) is 34.9 Å². The van der Waals surface area contributed by atoms with E-state index in [2.05, 4.69) is 50.6 Å². The summed E-state index contributed by atoms with van der Waals surface area (Å²) in [5.74, 6) is 0. The van der Waals surface area contributed by atoms with Gasteiger partial charge in [0, 0.05) is 12.7 Å². The second-order valence-corrected chi connectivity index (χ2v) is 5.25. The van der Waals surface area contributed by atoms with E-state index < -0.39 is 0 Å². The molecule has 17 heavy (non-hydrogen) atoms. The number of para-hydroxylation sites is 1. The summed E-state index contributed by atoms with van der Waals surface area (Å²) in [5, 5.41) is 7.87. The quantitative estimate of drug-likeness (QED) is 0.874. The summed E-state index contributed by atoms with van der Waals surface area (Å²) in [6.07, 6.45) is 4.08. The van der Waals surface area contributed by atoms with Crippen molar-refractivity contribution in [3.05, 3.63) is 46.2 Å². The first-order chi connectivity index (χ1) is 8.25. The Hall–Kier alpha value is -1.29. The summed E-state index contributed by atoms with van der Waals surface area (Å²) in [5.41, 5.74) is 3.87. The van der Waals surface area contributed by atoms with E-state index in [1.165, 1.54) is 16.9 Å². The zero-order chi connectivity index (χ0) is 11.8. The summed E-state index contributed by atoms with van der Waals surface area (Å²) in [4.78, 5) is 0. The van der Waals surface area contributed by atoms with E-state index in [0.29, 0.717) is 6.04 Å². The van der Waals surface area contributed by atoms with Crippen LogP contribution in [0.25, 0.3) is 0 Å². The van der Waals surface area contributed by atoms with E-state index in [0.717, 1.165) is 17.3 Å². The zero-order valence-corrected chi connectivity index (χ0v) is 11.2. The van der Waals surface area contributed by atoms with E-state index in [1.807, 2.05) is 17.9 Å². The van der Waals surface area contributed by atoms with Crippen LogP contribution in [0, 0.1) is 0 Å². The third kappa shape index (κ3) is 1.86. The number of benzene rings is 1. The average Bonchev–Trinajstić information content (AvgIpc) is 2.68. The lowest BCUT2D eigenvalue weighted by molar-refractivity contribution is 0.595. The Balaban J connectivity index is 1.95.